The summed E-state index contributed by atoms with van der Waals surface area (Å²) in [5.74, 6) is -0.640. The monoisotopic (exact) mass is 637 g/mol. The Bertz CT molecular complexity index is 1490. The number of nitrogens with zero attached hydrogens (tertiary/aromatic N) is 2. The molecule has 1 atom stereocenters. The third kappa shape index (κ3) is 8.51. The van der Waals surface area contributed by atoms with Gasteiger partial charge in [0.05, 0.1) is 34.0 Å². The van der Waals surface area contributed by atoms with Crippen molar-refractivity contribution in [1.29, 1.82) is 0 Å². The summed E-state index contributed by atoms with van der Waals surface area (Å²) in [5, 5.41) is 6.34. The second-order valence-electron chi connectivity index (χ2n) is 10.8. The van der Waals surface area contributed by atoms with Crippen LogP contribution < -0.4 is 21.3 Å². The molecule has 44 heavy (non-hydrogen) atoms. The van der Waals surface area contributed by atoms with Gasteiger partial charge in [0.2, 0.25) is 0 Å². The lowest BCUT2D eigenvalue weighted by molar-refractivity contribution is -0.142. The van der Waals surface area contributed by atoms with E-state index in [1.165, 1.54) is 26.4 Å². The zero-order valence-electron chi connectivity index (χ0n) is 24.8. The third-order valence-electron chi connectivity index (χ3n) is 7.72. The molecular weight excluding hydrogens is 601 g/mol. The van der Waals surface area contributed by atoms with Crippen molar-refractivity contribution in [3.63, 3.8) is 0 Å². The minimum Gasteiger partial charge on any atom is -0.467 e. The fourth-order valence-corrected chi connectivity index (χ4v) is 5.79. The highest BCUT2D eigenvalue weighted by molar-refractivity contribution is 6.40. The van der Waals surface area contributed by atoms with Crippen molar-refractivity contribution < 1.29 is 19.1 Å². The normalized spacial score (nSPS) is 14.4. The molecule has 232 valence electrons. The summed E-state index contributed by atoms with van der Waals surface area (Å²) in [7, 11) is 2.98. The van der Waals surface area contributed by atoms with Crippen LogP contribution in [0.4, 0.5) is 11.4 Å². The number of benzene rings is 3. The molecule has 11 heteroatoms. The first kappa shape index (κ1) is 32.8. The number of methoxy groups -OCH3 is 1. The average molecular weight is 639 g/mol. The van der Waals surface area contributed by atoms with Gasteiger partial charge in [0, 0.05) is 25.7 Å². The molecule has 0 heterocycles. The fraction of sp³-hybridized carbons (Fsp3) is 0.333. The van der Waals surface area contributed by atoms with E-state index in [1.807, 2.05) is 6.07 Å². The Kier molecular flexibility index (Phi) is 11.6. The van der Waals surface area contributed by atoms with Gasteiger partial charge < -0.3 is 26.0 Å². The van der Waals surface area contributed by atoms with Gasteiger partial charge in [-0.15, -0.1) is 0 Å². The van der Waals surface area contributed by atoms with E-state index in [9.17, 15) is 14.4 Å². The minimum absolute atomic E-state index is 0.0495. The molecule has 2 amide bonds. The number of carbonyl (C=O) groups is 3. The Labute approximate surface area is 267 Å². The summed E-state index contributed by atoms with van der Waals surface area (Å²) >= 11 is 12.3. The van der Waals surface area contributed by atoms with Gasteiger partial charge >= 0.3 is 5.97 Å². The topological polar surface area (TPSA) is 126 Å². The second-order valence-corrected chi connectivity index (χ2v) is 11.6. The van der Waals surface area contributed by atoms with Crippen molar-refractivity contribution in [2.45, 2.75) is 44.6 Å². The first-order chi connectivity index (χ1) is 21.2. The van der Waals surface area contributed by atoms with Gasteiger partial charge in [0.25, 0.3) is 11.8 Å². The van der Waals surface area contributed by atoms with Gasteiger partial charge in [-0.3, -0.25) is 9.59 Å². The SMILES string of the molecule is COC(=O)[C@H](Cc1ccc(NC(=O)c2c(Cl)cccc2Cl)cc1)N=C(N)N(C)c1ccccc1C(=O)NCC1CCCCC1. The van der Waals surface area contributed by atoms with Crippen LogP contribution in [0, 0.1) is 5.92 Å². The van der Waals surface area contributed by atoms with Gasteiger partial charge in [-0.25, -0.2) is 9.79 Å². The minimum atomic E-state index is -0.947. The lowest BCUT2D eigenvalue weighted by Crippen LogP contribution is -2.39. The van der Waals surface area contributed by atoms with Gasteiger partial charge in [-0.2, -0.15) is 0 Å². The Morgan fingerprint density at radius 2 is 1.61 bits per heavy atom. The second kappa shape index (κ2) is 15.6. The van der Waals surface area contributed by atoms with E-state index >= 15 is 0 Å². The lowest BCUT2D eigenvalue weighted by atomic mass is 9.89. The maximum atomic E-state index is 13.1. The quantitative estimate of drug-likeness (QED) is 0.140. The number of aliphatic imine (C=N–C) groups is 1. The van der Waals surface area contributed by atoms with Gasteiger partial charge in [0.15, 0.2) is 12.0 Å². The molecule has 1 saturated carbocycles. The van der Waals surface area contributed by atoms with E-state index in [0.29, 0.717) is 29.4 Å². The molecule has 1 fully saturated rings. The molecule has 0 aliphatic heterocycles. The van der Waals surface area contributed by atoms with Crippen LogP contribution in [0.5, 0.6) is 0 Å². The van der Waals surface area contributed by atoms with Crippen LogP contribution in [0.15, 0.2) is 71.7 Å². The van der Waals surface area contributed by atoms with Crippen LogP contribution in [0.3, 0.4) is 0 Å². The predicted molar refractivity (Wildman–Crippen MR) is 176 cm³/mol. The van der Waals surface area contributed by atoms with Crippen LogP contribution >= 0.6 is 23.2 Å². The molecule has 0 unspecified atom stereocenters. The van der Waals surface area contributed by atoms with Crippen molar-refractivity contribution in [3.05, 3.63) is 93.5 Å². The van der Waals surface area contributed by atoms with E-state index in [2.05, 4.69) is 15.6 Å². The molecule has 9 nitrogen and oxygen atoms in total. The lowest BCUT2D eigenvalue weighted by Gasteiger charge is -2.24. The Balaban J connectivity index is 1.45. The summed E-state index contributed by atoms with van der Waals surface area (Å²) in [4.78, 5) is 44.6. The molecule has 3 aromatic rings. The molecule has 3 aromatic carbocycles. The number of nitrogens with two attached hydrogens (primary N) is 1. The van der Waals surface area contributed by atoms with Crippen molar-refractivity contribution in [3.8, 4) is 0 Å². The van der Waals surface area contributed by atoms with Crippen LogP contribution in [0.1, 0.15) is 58.4 Å². The zero-order valence-corrected chi connectivity index (χ0v) is 26.3. The Morgan fingerprint density at radius 3 is 2.27 bits per heavy atom. The third-order valence-corrected chi connectivity index (χ3v) is 8.35. The summed E-state index contributed by atoms with van der Waals surface area (Å²) in [6.07, 6.45) is 6.11. The molecule has 0 bridgehead atoms. The number of anilines is 2. The maximum Gasteiger partial charge on any atom is 0.331 e. The largest absolute Gasteiger partial charge is 0.467 e. The maximum absolute atomic E-state index is 13.1. The highest BCUT2D eigenvalue weighted by Crippen LogP contribution is 2.26. The van der Waals surface area contributed by atoms with Gasteiger partial charge in [0.1, 0.15) is 0 Å². The number of hydrogen-bond donors (Lipinski definition) is 3. The number of esters is 1. The molecule has 4 N–H and O–H groups in total. The molecule has 0 aromatic heterocycles. The number of halogens is 2. The summed E-state index contributed by atoms with van der Waals surface area (Å²) < 4.78 is 5.00. The number of ether oxygens (including phenoxy) is 1. The molecule has 0 spiro atoms. The van der Waals surface area contributed by atoms with E-state index in [0.717, 1.165) is 18.4 Å². The van der Waals surface area contributed by atoms with Crippen LogP contribution in [-0.4, -0.2) is 50.5 Å². The number of para-hydroxylation sites is 1. The number of carbonyl (C=O) groups excluding carboxylic acids is 3. The van der Waals surface area contributed by atoms with E-state index < -0.39 is 17.9 Å². The fourth-order valence-electron chi connectivity index (χ4n) is 5.22. The molecule has 0 radical (unpaired) electrons. The molecule has 4 rings (SSSR count). The number of rotatable bonds is 10. The summed E-state index contributed by atoms with van der Waals surface area (Å²) in [6.45, 7) is 0.640. The number of hydrogen-bond acceptors (Lipinski definition) is 5. The standard InChI is InChI=1S/C33H37Cl2N5O4/c1-40(28-14-7-6-11-24(28)30(41)37-20-22-9-4-3-5-10-22)33(36)39-27(32(43)44-2)19-21-15-17-23(18-16-21)38-31(42)29-25(34)12-8-13-26(29)35/h6-8,11-18,22,27H,3-5,9-10,19-20H2,1-2H3,(H2,36,39)(H,37,41)(H,38,42)/t27-/m0/s1. The van der Waals surface area contributed by atoms with E-state index in [4.69, 9.17) is 33.7 Å². The van der Waals surface area contributed by atoms with Gasteiger partial charge in [-0.05, 0) is 60.7 Å². The Morgan fingerprint density at radius 1 is 0.955 bits per heavy atom. The first-order valence-corrected chi connectivity index (χ1v) is 15.3. The molecule has 0 saturated heterocycles. The highest BCUT2D eigenvalue weighted by Gasteiger charge is 2.23. The van der Waals surface area contributed by atoms with E-state index in [-0.39, 0.29) is 33.9 Å². The predicted octanol–water partition coefficient (Wildman–Crippen LogP) is 6.09. The van der Waals surface area contributed by atoms with Crippen LogP contribution in [0.25, 0.3) is 0 Å². The smallest absolute Gasteiger partial charge is 0.331 e. The van der Waals surface area contributed by atoms with Gasteiger partial charge in [-0.1, -0.05) is 72.8 Å². The average Bonchev–Trinajstić information content (AvgIpc) is 3.03. The van der Waals surface area contributed by atoms with Crippen molar-refractivity contribution in [1.82, 2.24) is 5.32 Å². The van der Waals surface area contributed by atoms with Crippen LogP contribution in [0.2, 0.25) is 10.0 Å². The summed E-state index contributed by atoms with van der Waals surface area (Å²) in [5.41, 5.74) is 8.88. The van der Waals surface area contributed by atoms with Crippen molar-refractivity contribution in [2.24, 2.45) is 16.6 Å². The number of guanidine groups is 1. The Hall–Kier alpha value is -4.08. The van der Waals surface area contributed by atoms with Crippen LogP contribution in [-0.2, 0) is 16.0 Å². The zero-order chi connectivity index (χ0) is 31.6. The number of amides is 2. The molecular formula is C33H37Cl2N5O4. The molecule has 1 aliphatic carbocycles. The highest BCUT2D eigenvalue weighted by atomic mass is 35.5. The summed E-state index contributed by atoms with van der Waals surface area (Å²) in [6, 6.07) is 18.0. The first-order valence-electron chi connectivity index (χ1n) is 14.5. The van der Waals surface area contributed by atoms with Crippen molar-refractivity contribution in [2.75, 3.05) is 30.9 Å². The van der Waals surface area contributed by atoms with Crippen molar-refractivity contribution >= 4 is 58.3 Å². The number of nitrogens with one attached hydrogen (secondary N) is 2. The van der Waals surface area contributed by atoms with E-state index in [1.54, 1.807) is 72.6 Å². The molecule has 1 aliphatic rings.